The summed E-state index contributed by atoms with van der Waals surface area (Å²) in [5.41, 5.74) is 3.48. The van der Waals surface area contributed by atoms with Crippen molar-refractivity contribution < 1.29 is 19.7 Å². The van der Waals surface area contributed by atoms with Crippen LogP contribution in [0.3, 0.4) is 0 Å². The Kier molecular flexibility index (Phi) is 10.1. The van der Waals surface area contributed by atoms with E-state index in [0.717, 1.165) is 47.4 Å². The van der Waals surface area contributed by atoms with Gasteiger partial charge in [-0.15, -0.1) is 0 Å². The van der Waals surface area contributed by atoms with Crippen LogP contribution in [0.4, 0.5) is 4.79 Å². The number of aromatic nitrogens is 2. The van der Waals surface area contributed by atoms with E-state index in [4.69, 9.17) is 4.74 Å². The molecule has 0 aliphatic heterocycles. The van der Waals surface area contributed by atoms with Crippen LogP contribution < -0.4 is 10.2 Å². The minimum Gasteiger partial charge on any atom is -0.506 e. The number of nitrogens with zero attached hydrogens (tertiary/aromatic N) is 2. The van der Waals surface area contributed by atoms with Crippen molar-refractivity contribution in [2.75, 3.05) is 19.6 Å². The van der Waals surface area contributed by atoms with Gasteiger partial charge in [-0.1, -0.05) is 47.7 Å². The third-order valence-electron chi connectivity index (χ3n) is 6.48. The van der Waals surface area contributed by atoms with Gasteiger partial charge in [-0.3, -0.25) is 9.78 Å². The summed E-state index contributed by atoms with van der Waals surface area (Å²) in [7, 11) is 0. The Labute approximate surface area is 243 Å². The Hall–Kier alpha value is -3.73. The van der Waals surface area contributed by atoms with Crippen LogP contribution in [0.1, 0.15) is 55.7 Å². The summed E-state index contributed by atoms with van der Waals surface area (Å²) >= 11 is 0.973. The van der Waals surface area contributed by atoms with E-state index in [1.165, 1.54) is 6.07 Å². The number of phenolic OH excluding ortho intramolecular Hbond substituents is 1. The quantitative estimate of drug-likeness (QED) is 0.176. The van der Waals surface area contributed by atoms with Crippen LogP contribution in [0.25, 0.3) is 10.2 Å². The molecule has 0 unspecified atom stereocenters. The zero-order chi connectivity index (χ0) is 29.4. The minimum absolute atomic E-state index is 0.0134. The number of hydrogen-bond donors (Lipinski definition) is 4. The molecule has 0 radical (unpaired) electrons. The number of aromatic amines is 1. The molecule has 0 bridgehead atoms. The lowest BCUT2D eigenvalue weighted by molar-refractivity contribution is 0.0231. The van der Waals surface area contributed by atoms with Gasteiger partial charge in [0, 0.05) is 37.1 Å². The summed E-state index contributed by atoms with van der Waals surface area (Å²) in [4.78, 5) is 33.2. The molecule has 218 valence electrons. The van der Waals surface area contributed by atoms with Crippen molar-refractivity contribution in [1.82, 2.24) is 20.2 Å². The Bertz CT molecular complexity index is 1500. The Morgan fingerprint density at radius 1 is 1.12 bits per heavy atom. The molecule has 1 amide bonds. The maximum atomic E-state index is 13.0. The molecular formula is C31H38N4O5S. The number of aliphatic hydroxyl groups is 1. The Balaban J connectivity index is 1.32. The molecule has 9 nitrogen and oxygen atoms in total. The number of carbonyl (C=O) groups is 1. The van der Waals surface area contributed by atoms with Gasteiger partial charge in [0.25, 0.3) is 0 Å². The van der Waals surface area contributed by atoms with Crippen molar-refractivity contribution in [2.45, 2.75) is 58.3 Å². The molecule has 4 N–H and O–H groups in total. The van der Waals surface area contributed by atoms with E-state index >= 15 is 0 Å². The van der Waals surface area contributed by atoms with E-state index in [1.807, 2.05) is 57.2 Å². The van der Waals surface area contributed by atoms with Gasteiger partial charge in [0.1, 0.15) is 16.9 Å². The van der Waals surface area contributed by atoms with E-state index in [9.17, 15) is 19.8 Å². The number of rotatable bonds is 12. The molecule has 0 fully saturated rings. The average molecular weight is 579 g/mol. The summed E-state index contributed by atoms with van der Waals surface area (Å²) < 4.78 is 6.24. The van der Waals surface area contributed by atoms with Crippen molar-refractivity contribution in [3.63, 3.8) is 0 Å². The van der Waals surface area contributed by atoms with E-state index in [2.05, 4.69) is 21.4 Å². The number of benzene rings is 2. The number of fused-ring (bicyclic) bond motifs is 1. The van der Waals surface area contributed by atoms with Crippen molar-refractivity contribution in [1.29, 1.82) is 0 Å². The number of thiazole rings is 1. The van der Waals surface area contributed by atoms with E-state index in [0.29, 0.717) is 42.0 Å². The summed E-state index contributed by atoms with van der Waals surface area (Å²) in [6.07, 6.45) is 2.89. The van der Waals surface area contributed by atoms with Gasteiger partial charge < -0.3 is 30.2 Å². The lowest BCUT2D eigenvalue weighted by Crippen LogP contribution is -2.37. The molecule has 1 atom stereocenters. The first-order valence-electron chi connectivity index (χ1n) is 13.8. The third kappa shape index (κ3) is 8.88. The van der Waals surface area contributed by atoms with Crippen molar-refractivity contribution in [2.24, 2.45) is 0 Å². The second-order valence-corrected chi connectivity index (χ2v) is 12.0. The first-order chi connectivity index (χ1) is 19.6. The minimum atomic E-state index is -0.829. The van der Waals surface area contributed by atoms with Gasteiger partial charge in [0.05, 0.1) is 10.8 Å². The molecule has 2 heterocycles. The second kappa shape index (κ2) is 13.8. The molecule has 0 saturated carbocycles. The summed E-state index contributed by atoms with van der Waals surface area (Å²) in [5, 5.41) is 24.0. The molecule has 0 aliphatic rings. The van der Waals surface area contributed by atoms with E-state index in [-0.39, 0.29) is 16.7 Å². The van der Waals surface area contributed by atoms with Crippen molar-refractivity contribution >= 4 is 27.6 Å². The molecule has 41 heavy (non-hydrogen) atoms. The molecule has 0 aliphatic carbocycles. The highest BCUT2D eigenvalue weighted by atomic mass is 32.1. The second-order valence-electron chi connectivity index (χ2n) is 11.0. The number of carbonyl (C=O) groups excluding carboxylic acids is 1. The highest BCUT2D eigenvalue weighted by Crippen LogP contribution is 2.31. The SMILES string of the molecule is CC(C)(C)OC(=O)N(CCCc1ccccn1)Cc1cccc(CCNC[C@H](O)c2ccc(O)c3[nH]c(=O)sc23)c1. The van der Waals surface area contributed by atoms with Gasteiger partial charge in [-0.2, -0.15) is 0 Å². The third-order valence-corrected chi connectivity index (χ3v) is 7.41. The molecule has 0 saturated heterocycles. The van der Waals surface area contributed by atoms with Crippen LogP contribution in [0.15, 0.2) is 65.6 Å². The number of aliphatic hydroxyl groups excluding tert-OH is 1. The predicted octanol–water partition coefficient (Wildman–Crippen LogP) is 4.93. The molecule has 2 aromatic carbocycles. The molecular weight excluding hydrogens is 540 g/mol. The van der Waals surface area contributed by atoms with Gasteiger partial charge in [0.15, 0.2) is 0 Å². The highest BCUT2D eigenvalue weighted by molar-refractivity contribution is 7.16. The average Bonchev–Trinajstić information content (AvgIpc) is 3.33. The van der Waals surface area contributed by atoms with Crippen molar-refractivity contribution in [3.8, 4) is 5.75 Å². The van der Waals surface area contributed by atoms with Gasteiger partial charge in [0.2, 0.25) is 0 Å². The number of nitrogens with one attached hydrogen (secondary N) is 2. The predicted molar refractivity (Wildman–Crippen MR) is 161 cm³/mol. The van der Waals surface area contributed by atoms with E-state index < -0.39 is 11.7 Å². The summed E-state index contributed by atoms with van der Waals surface area (Å²) in [6.45, 7) is 7.52. The topological polar surface area (TPSA) is 128 Å². The maximum Gasteiger partial charge on any atom is 0.410 e. The number of pyridine rings is 1. The largest absolute Gasteiger partial charge is 0.506 e. The summed E-state index contributed by atoms with van der Waals surface area (Å²) in [5.74, 6) is -0.0134. The van der Waals surface area contributed by atoms with Crippen LogP contribution in [0.5, 0.6) is 5.75 Å². The first kappa shape index (κ1) is 30.2. The lowest BCUT2D eigenvalue weighted by Gasteiger charge is -2.27. The fourth-order valence-electron chi connectivity index (χ4n) is 4.55. The van der Waals surface area contributed by atoms with Gasteiger partial charge in [-0.25, -0.2) is 4.79 Å². The fraction of sp³-hybridized carbons (Fsp3) is 0.387. The molecule has 0 spiro atoms. The zero-order valence-electron chi connectivity index (χ0n) is 23.7. The van der Waals surface area contributed by atoms with Crippen LogP contribution in [-0.4, -0.2) is 56.4 Å². The highest BCUT2D eigenvalue weighted by Gasteiger charge is 2.22. The van der Waals surface area contributed by atoms with Crippen LogP contribution in [-0.2, 0) is 24.1 Å². The zero-order valence-corrected chi connectivity index (χ0v) is 24.5. The normalized spacial score (nSPS) is 12.4. The monoisotopic (exact) mass is 578 g/mol. The number of amides is 1. The maximum absolute atomic E-state index is 13.0. The number of H-pyrrole nitrogens is 1. The number of aryl methyl sites for hydroxylation is 1. The first-order valence-corrected chi connectivity index (χ1v) is 14.6. The number of phenols is 1. The molecule has 4 rings (SSSR count). The van der Waals surface area contributed by atoms with Crippen molar-refractivity contribution in [3.05, 3.63) is 92.8 Å². The molecule has 2 aromatic heterocycles. The number of ether oxygens (including phenoxy) is 1. The van der Waals surface area contributed by atoms with Crippen LogP contribution in [0.2, 0.25) is 0 Å². The molecule has 10 heteroatoms. The summed E-state index contributed by atoms with van der Waals surface area (Å²) in [6, 6.07) is 17.1. The smallest absolute Gasteiger partial charge is 0.410 e. The molecule has 4 aromatic rings. The Morgan fingerprint density at radius 3 is 2.68 bits per heavy atom. The number of hydrogen-bond acceptors (Lipinski definition) is 8. The van der Waals surface area contributed by atoms with Crippen LogP contribution >= 0.6 is 11.3 Å². The van der Waals surface area contributed by atoms with Gasteiger partial charge in [-0.05, 0) is 75.9 Å². The van der Waals surface area contributed by atoms with Crippen LogP contribution in [0, 0.1) is 0 Å². The lowest BCUT2D eigenvalue weighted by atomic mass is 10.1. The van der Waals surface area contributed by atoms with Gasteiger partial charge >= 0.3 is 11.0 Å². The fourth-order valence-corrected chi connectivity index (χ4v) is 5.46. The standard InChI is InChI=1S/C31H38N4O5S/c1-31(2,3)40-30(39)35(17-7-11-23-10-4-5-15-33-23)20-22-9-6-8-21(18-22)14-16-32-19-26(37)24-12-13-25(36)27-28(24)41-29(38)34-27/h4-6,8-10,12-13,15,18,26,32,36-37H,7,11,14,16-17,19-20H2,1-3H3,(H,34,38)/t26-/m0/s1. The van der Waals surface area contributed by atoms with E-state index in [1.54, 1.807) is 17.2 Å². The number of aromatic hydroxyl groups is 1. The Morgan fingerprint density at radius 2 is 1.93 bits per heavy atom.